The van der Waals surface area contributed by atoms with E-state index < -0.39 is 28.4 Å². The van der Waals surface area contributed by atoms with Crippen molar-refractivity contribution >= 4 is 23.3 Å². The zero-order chi connectivity index (χ0) is 21.4. The normalized spacial score (nSPS) is 16.2. The fourth-order valence-electron chi connectivity index (χ4n) is 3.27. The largest absolute Gasteiger partial charge is 0.503 e. The van der Waals surface area contributed by atoms with Gasteiger partial charge >= 0.3 is 0 Å². The van der Waals surface area contributed by atoms with Gasteiger partial charge in [0.15, 0.2) is 11.5 Å². The Labute approximate surface area is 169 Å². The number of aliphatic hydroxyl groups excluding tert-OH is 1. The number of hydrogen-bond donors (Lipinski definition) is 1. The number of benzene rings is 1. The molecule has 4 rings (SSSR count). The van der Waals surface area contributed by atoms with E-state index in [4.69, 9.17) is 4.42 Å². The van der Waals surface area contributed by atoms with Crippen LogP contribution in [-0.4, -0.2) is 31.7 Å². The van der Waals surface area contributed by atoms with Crippen LogP contribution in [0, 0.1) is 17.0 Å². The highest BCUT2D eigenvalue weighted by molar-refractivity contribution is 6.19. The molecule has 1 N–H and O–H groups in total. The molecule has 0 aliphatic carbocycles. The fourth-order valence-corrected chi connectivity index (χ4v) is 3.27. The van der Waals surface area contributed by atoms with Crippen LogP contribution in [0.15, 0.2) is 70.6 Å². The number of rotatable bonds is 5. The Morgan fingerprint density at radius 1 is 1.20 bits per heavy atom. The number of aryl methyl sites for hydroxylation is 1. The van der Waals surface area contributed by atoms with Gasteiger partial charge in [-0.2, -0.15) is 0 Å². The number of carbonyl (C=O) groups is 2. The minimum atomic E-state index is -1.18. The quantitative estimate of drug-likeness (QED) is 0.387. The van der Waals surface area contributed by atoms with Crippen molar-refractivity contribution < 1.29 is 24.0 Å². The summed E-state index contributed by atoms with van der Waals surface area (Å²) in [6, 6.07) is 8.81. The van der Waals surface area contributed by atoms with Gasteiger partial charge in [-0.15, -0.1) is 0 Å². The molecule has 0 saturated heterocycles. The summed E-state index contributed by atoms with van der Waals surface area (Å²) < 4.78 is 5.36. The standard InChI is InChI=1S/C20H14N4O6/c1-11-6-7-14(30-11)17(25)15-16(12-4-2-5-13(10-12)24(28)29)23(19(27)18(15)26)20-21-8-3-9-22-20/h2-10,16,26H,1H3. The second-order valence-corrected chi connectivity index (χ2v) is 6.48. The molecule has 1 unspecified atom stereocenters. The number of nitro benzene ring substituents is 1. The third kappa shape index (κ3) is 3.09. The average Bonchev–Trinajstić information content (AvgIpc) is 3.30. The van der Waals surface area contributed by atoms with Crippen molar-refractivity contribution in [1.82, 2.24) is 9.97 Å². The van der Waals surface area contributed by atoms with Gasteiger partial charge in [-0.3, -0.25) is 24.6 Å². The first-order chi connectivity index (χ1) is 14.4. The zero-order valence-corrected chi connectivity index (χ0v) is 15.6. The number of aromatic nitrogens is 2. The van der Waals surface area contributed by atoms with E-state index in [-0.39, 0.29) is 28.5 Å². The van der Waals surface area contributed by atoms with Gasteiger partial charge in [-0.05, 0) is 30.7 Å². The predicted molar refractivity (Wildman–Crippen MR) is 103 cm³/mol. The van der Waals surface area contributed by atoms with E-state index in [1.807, 2.05) is 0 Å². The maximum atomic E-state index is 13.1. The van der Waals surface area contributed by atoms with Gasteiger partial charge in [0.25, 0.3) is 11.6 Å². The van der Waals surface area contributed by atoms with Gasteiger partial charge < -0.3 is 9.52 Å². The summed E-state index contributed by atoms with van der Waals surface area (Å²) in [7, 11) is 0. The van der Waals surface area contributed by atoms with Crippen molar-refractivity contribution in [2.45, 2.75) is 13.0 Å². The van der Waals surface area contributed by atoms with Crippen LogP contribution in [0.25, 0.3) is 0 Å². The van der Waals surface area contributed by atoms with Crippen molar-refractivity contribution in [2.24, 2.45) is 0 Å². The summed E-state index contributed by atoms with van der Waals surface area (Å²) in [6.07, 6.45) is 2.79. The molecule has 1 atom stereocenters. The molecule has 1 amide bonds. The minimum absolute atomic E-state index is 0.0658. The number of nitrogens with zero attached hydrogens (tertiary/aromatic N) is 4. The summed E-state index contributed by atoms with van der Waals surface area (Å²) in [6.45, 7) is 1.65. The number of furan rings is 1. The Morgan fingerprint density at radius 3 is 2.57 bits per heavy atom. The van der Waals surface area contributed by atoms with E-state index in [1.54, 1.807) is 13.0 Å². The molecule has 0 radical (unpaired) electrons. The molecule has 0 fully saturated rings. The molecule has 3 heterocycles. The van der Waals surface area contributed by atoms with Crippen LogP contribution in [0.4, 0.5) is 11.6 Å². The van der Waals surface area contributed by atoms with E-state index >= 15 is 0 Å². The van der Waals surface area contributed by atoms with Crippen LogP contribution in [-0.2, 0) is 4.79 Å². The van der Waals surface area contributed by atoms with Crippen molar-refractivity contribution in [2.75, 3.05) is 4.90 Å². The van der Waals surface area contributed by atoms with Gasteiger partial charge in [-0.1, -0.05) is 12.1 Å². The molecule has 10 nitrogen and oxygen atoms in total. The molecule has 150 valence electrons. The summed E-state index contributed by atoms with van der Waals surface area (Å²) in [5.41, 5.74) is -0.274. The molecule has 0 spiro atoms. The summed E-state index contributed by atoms with van der Waals surface area (Å²) in [4.78, 5) is 45.8. The number of hydrogen-bond acceptors (Lipinski definition) is 8. The molecule has 1 aromatic carbocycles. The van der Waals surface area contributed by atoms with Gasteiger partial charge in [0, 0.05) is 24.5 Å². The molecule has 0 saturated carbocycles. The first-order valence-corrected chi connectivity index (χ1v) is 8.77. The highest BCUT2D eigenvalue weighted by atomic mass is 16.6. The maximum absolute atomic E-state index is 13.1. The van der Waals surface area contributed by atoms with E-state index in [0.717, 1.165) is 4.90 Å². The summed E-state index contributed by atoms with van der Waals surface area (Å²) >= 11 is 0. The number of ketones is 1. The monoisotopic (exact) mass is 406 g/mol. The highest BCUT2D eigenvalue weighted by Gasteiger charge is 2.46. The Hall–Kier alpha value is -4.34. The Kier molecular flexibility index (Phi) is 4.59. The number of carbonyl (C=O) groups excluding carboxylic acids is 2. The Balaban J connectivity index is 1.90. The Bertz CT molecular complexity index is 1200. The summed E-state index contributed by atoms with van der Waals surface area (Å²) in [5.74, 6) is -2.08. The lowest BCUT2D eigenvalue weighted by atomic mass is 9.95. The number of Topliss-reactive ketones (excluding diaryl/α,β-unsaturated/α-hetero) is 1. The second kappa shape index (κ2) is 7.24. The average molecular weight is 406 g/mol. The van der Waals surface area contributed by atoms with Gasteiger partial charge in [-0.25, -0.2) is 9.97 Å². The lowest BCUT2D eigenvalue weighted by Gasteiger charge is -2.24. The van der Waals surface area contributed by atoms with Crippen LogP contribution < -0.4 is 4.90 Å². The van der Waals surface area contributed by atoms with Crippen molar-refractivity contribution in [1.29, 1.82) is 0 Å². The SMILES string of the molecule is Cc1ccc(C(=O)C2=C(O)C(=O)N(c3ncccn3)C2c2cccc([N+](=O)[O-])c2)o1. The van der Waals surface area contributed by atoms with E-state index in [2.05, 4.69) is 9.97 Å². The van der Waals surface area contributed by atoms with Crippen molar-refractivity contribution in [3.8, 4) is 0 Å². The molecule has 30 heavy (non-hydrogen) atoms. The molecule has 1 aliphatic rings. The third-order valence-electron chi connectivity index (χ3n) is 4.58. The first kappa shape index (κ1) is 19.0. The number of amides is 1. The number of nitro groups is 1. The molecular weight excluding hydrogens is 392 g/mol. The number of aliphatic hydroxyl groups is 1. The van der Waals surface area contributed by atoms with Gasteiger partial charge in [0.05, 0.1) is 16.5 Å². The topological polar surface area (TPSA) is 140 Å². The van der Waals surface area contributed by atoms with Crippen molar-refractivity contribution in [3.63, 3.8) is 0 Å². The van der Waals surface area contributed by atoms with E-state index in [0.29, 0.717) is 5.76 Å². The first-order valence-electron chi connectivity index (χ1n) is 8.77. The summed E-state index contributed by atoms with van der Waals surface area (Å²) in [5, 5.41) is 21.8. The zero-order valence-electron chi connectivity index (χ0n) is 15.6. The van der Waals surface area contributed by atoms with Crippen molar-refractivity contribution in [3.05, 3.63) is 93.4 Å². The second-order valence-electron chi connectivity index (χ2n) is 6.48. The smallest absolute Gasteiger partial charge is 0.296 e. The van der Waals surface area contributed by atoms with Gasteiger partial charge in [0.1, 0.15) is 5.76 Å². The van der Waals surface area contributed by atoms with Crippen LogP contribution in [0.2, 0.25) is 0 Å². The molecule has 10 heteroatoms. The predicted octanol–water partition coefficient (Wildman–Crippen LogP) is 3.07. The highest BCUT2D eigenvalue weighted by Crippen LogP contribution is 2.41. The van der Waals surface area contributed by atoms with Crippen LogP contribution in [0.3, 0.4) is 0 Å². The van der Waals surface area contributed by atoms with Gasteiger partial charge in [0.2, 0.25) is 11.7 Å². The molecule has 0 bridgehead atoms. The fraction of sp³-hybridized carbons (Fsp3) is 0.100. The lowest BCUT2D eigenvalue weighted by Crippen LogP contribution is -2.32. The molecule has 1 aliphatic heterocycles. The maximum Gasteiger partial charge on any atom is 0.296 e. The Morgan fingerprint density at radius 2 is 1.93 bits per heavy atom. The molecular formula is C20H14N4O6. The number of anilines is 1. The van der Waals surface area contributed by atoms with Crippen LogP contribution in [0.5, 0.6) is 0 Å². The van der Waals surface area contributed by atoms with E-state index in [9.17, 15) is 24.8 Å². The van der Waals surface area contributed by atoms with E-state index in [1.165, 1.54) is 48.8 Å². The molecule has 3 aromatic rings. The minimum Gasteiger partial charge on any atom is -0.503 e. The number of non-ortho nitro benzene ring substituents is 1. The van der Waals surface area contributed by atoms with Crippen LogP contribution >= 0.6 is 0 Å². The third-order valence-corrected chi connectivity index (χ3v) is 4.58. The van der Waals surface area contributed by atoms with Crippen LogP contribution in [0.1, 0.15) is 27.9 Å². The molecule has 2 aromatic heterocycles. The lowest BCUT2D eigenvalue weighted by molar-refractivity contribution is -0.384.